The molecule has 1 aromatic heterocycles. The van der Waals surface area contributed by atoms with Crippen LogP contribution >= 0.6 is 0 Å². The van der Waals surface area contributed by atoms with Gasteiger partial charge in [-0.3, -0.25) is 9.36 Å². The van der Waals surface area contributed by atoms with Gasteiger partial charge in [-0.25, -0.2) is 4.98 Å². The number of imidazole rings is 1. The maximum absolute atomic E-state index is 14.0. The van der Waals surface area contributed by atoms with Gasteiger partial charge >= 0.3 is 6.18 Å². The smallest absolute Gasteiger partial charge is 0.371 e. The van der Waals surface area contributed by atoms with Crippen LogP contribution in [0.4, 0.5) is 24.5 Å². The molecule has 0 spiro atoms. The normalized spacial score (nSPS) is 15.1. The first-order chi connectivity index (χ1) is 18.2. The number of para-hydroxylation sites is 2. The summed E-state index contributed by atoms with van der Waals surface area (Å²) in [5.74, 6) is -0.379. The van der Waals surface area contributed by atoms with Crippen LogP contribution in [0.15, 0.2) is 73.1 Å². The molecule has 5 rings (SSSR count). The van der Waals surface area contributed by atoms with Crippen LogP contribution < -0.4 is 10.2 Å². The SMILES string of the molecule is CN1CCC(N(C)c2ccc(NC(=O)Cc3ccc(-n4cnc5ccccc54)cc3)cc2C(F)(F)F)CC1. The van der Waals surface area contributed by atoms with Crippen LogP contribution in [0.1, 0.15) is 24.0 Å². The molecule has 4 aromatic rings. The Morgan fingerprint density at radius 1 is 1.05 bits per heavy atom. The largest absolute Gasteiger partial charge is 0.418 e. The van der Waals surface area contributed by atoms with Gasteiger partial charge in [0.05, 0.1) is 23.0 Å². The van der Waals surface area contributed by atoms with Gasteiger partial charge < -0.3 is 15.1 Å². The molecule has 0 unspecified atom stereocenters. The fraction of sp³-hybridized carbons (Fsp3) is 0.310. The predicted octanol–water partition coefficient (Wildman–Crippen LogP) is 5.76. The number of fused-ring (bicyclic) bond motifs is 1. The highest BCUT2D eigenvalue weighted by molar-refractivity contribution is 5.92. The summed E-state index contributed by atoms with van der Waals surface area (Å²) in [5, 5.41) is 2.64. The minimum absolute atomic E-state index is 0.0380. The van der Waals surface area contributed by atoms with Gasteiger partial charge in [0.1, 0.15) is 6.33 Å². The molecule has 1 aliphatic rings. The summed E-state index contributed by atoms with van der Waals surface area (Å²) in [5.41, 5.74) is 3.04. The maximum atomic E-state index is 14.0. The predicted molar refractivity (Wildman–Crippen MR) is 144 cm³/mol. The molecule has 198 valence electrons. The summed E-state index contributed by atoms with van der Waals surface area (Å²) in [4.78, 5) is 21.0. The number of nitrogens with one attached hydrogen (secondary N) is 1. The summed E-state index contributed by atoms with van der Waals surface area (Å²) in [7, 11) is 3.74. The monoisotopic (exact) mass is 521 g/mol. The van der Waals surface area contributed by atoms with Gasteiger partial charge in [-0.2, -0.15) is 13.2 Å². The highest BCUT2D eigenvalue weighted by atomic mass is 19.4. The molecule has 0 radical (unpaired) electrons. The molecular formula is C29H30F3N5O. The summed E-state index contributed by atoms with van der Waals surface area (Å²) in [6, 6.07) is 19.3. The van der Waals surface area contributed by atoms with E-state index in [-0.39, 0.29) is 29.7 Å². The van der Waals surface area contributed by atoms with Gasteiger partial charge in [0.25, 0.3) is 0 Å². The van der Waals surface area contributed by atoms with E-state index in [0.717, 1.165) is 54.3 Å². The Bertz CT molecular complexity index is 1420. The Hall–Kier alpha value is -3.85. The van der Waals surface area contributed by atoms with Crippen molar-refractivity contribution in [2.75, 3.05) is 37.4 Å². The number of anilines is 2. The van der Waals surface area contributed by atoms with E-state index in [9.17, 15) is 18.0 Å². The average molecular weight is 522 g/mol. The zero-order valence-electron chi connectivity index (χ0n) is 21.4. The fourth-order valence-corrected chi connectivity index (χ4v) is 5.06. The molecule has 9 heteroatoms. The minimum atomic E-state index is -4.54. The van der Waals surface area contributed by atoms with Gasteiger partial charge in [0.2, 0.25) is 5.91 Å². The number of hydrogen-bond donors (Lipinski definition) is 1. The Kier molecular flexibility index (Phi) is 7.12. The van der Waals surface area contributed by atoms with E-state index in [1.54, 1.807) is 24.3 Å². The molecule has 0 saturated carbocycles. The number of alkyl halides is 3. The van der Waals surface area contributed by atoms with Gasteiger partial charge in [-0.1, -0.05) is 24.3 Å². The summed E-state index contributed by atoms with van der Waals surface area (Å²) >= 11 is 0. The number of carbonyl (C=O) groups excluding carboxylic acids is 1. The summed E-state index contributed by atoms with van der Waals surface area (Å²) in [6.45, 7) is 1.70. The van der Waals surface area contributed by atoms with Crippen LogP contribution in [0.25, 0.3) is 16.7 Å². The molecule has 0 bridgehead atoms. The lowest BCUT2D eigenvalue weighted by Crippen LogP contribution is -2.42. The van der Waals surface area contributed by atoms with E-state index < -0.39 is 11.7 Å². The van der Waals surface area contributed by atoms with Crippen LogP contribution in [0.3, 0.4) is 0 Å². The van der Waals surface area contributed by atoms with Crippen LogP contribution in [-0.4, -0.2) is 53.6 Å². The molecule has 1 N–H and O–H groups in total. The van der Waals surface area contributed by atoms with Crippen molar-refractivity contribution in [3.8, 4) is 5.69 Å². The number of amides is 1. The van der Waals surface area contributed by atoms with E-state index >= 15 is 0 Å². The number of benzene rings is 3. The minimum Gasteiger partial charge on any atom is -0.371 e. The van der Waals surface area contributed by atoms with Gasteiger partial charge in [-0.05, 0) is 81.0 Å². The van der Waals surface area contributed by atoms with Crippen molar-refractivity contribution >= 4 is 28.3 Å². The standard InChI is InChI=1S/C29H30F3N5O/c1-35-15-13-22(14-16-35)36(2)26-12-9-21(18-24(26)29(30,31)32)34-28(38)17-20-7-10-23(11-8-20)37-19-33-25-5-3-4-6-27(25)37/h3-12,18-19,22H,13-17H2,1-2H3,(H,34,38). The molecular weight excluding hydrogens is 491 g/mol. The van der Waals surface area contributed by atoms with Crippen molar-refractivity contribution in [2.24, 2.45) is 0 Å². The Morgan fingerprint density at radius 3 is 2.47 bits per heavy atom. The van der Waals surface area contributed by atoms with Gasteiger partial charge in [0, 0.05) is 30.2 Å². The van der Waals surface area contributed by atoms with Crippen LogP contribution in [-0.2, 0) is 17.4 Å². The molecule has 38 heavy (non-hydrogen) atoms. The van der Waals surface area contributed by atoms with Crippen LogP contribution in [0.2, 0.25) is 0 Å². The first kappa shape index (κ1) is 25.8. The number of hydrogen-bond acceptors (Lipinski definition) is 4. The van der Waals surface area contributed by atoms with Crippen molar-refractivity contribution < 1.29 is 18.0 Å². The zero-order chi connectivity index (χ0) is 26.9. The second kappa shape index (κ2) is 10.5. The van der Waals surface area contributed by atoms with Gasteiger partial charge in [0.15, 0.2) is 0 Å². The highest BCUT2D eigenvalue weighted by Crippen LogP contribution is 2.39. The van der Waals surface area contributed by atoms with E-state index in [2.05, 4.69) is 15.2 Å². The van der Waals surface area contributed by atoms with Crippen LogP contribution in [0.5, 0.6) is 0 Å². The van der Waals surface area contributed by atoms with E-state index in [0.29, 0.717) is 0 Å². The molecule has 2 heterocycles. The Labute approximate surface area is 219 Å². The van der Waals surface area contributed by atoms with Gasteiger partial charge in [-0.15, -0.1) is 0 Å². The van der Waals surface area contributed by atoms with Crippen molar-refractivity contribution in [2.45, 2.75) is 31.5 Å². The number of halogens is 3. The lowest BCUT2D eigenvalue weighted by molar-refractivity contribution is -0.137. The number of carbonyl (C=O) groups is 1. The number of rotatable bonds is 6. The zero-order valence-corrected chi connectivity index (χ0v) is 21.4. The third-order valence-electron chi connectivity index (χ3n) is 7.23. The second-order valence-corrected chi connectivity index (χ2v) is 9.87. The third-order valence-corrected chi connectivity index (χ3v) is 7.23. The topological polar surface area (TPSA) is 53.4 Å². The first-order valence-corrected chi connectivity index (χ1v) is 12.6. The summed E-state index contributed by atoms with van der Waals surface area (Å²) < 4.78 is 44.0. The molecule has 3 aromatic carbocycles. The fourth-order valence-electron chi connectivity index (χ4n) is 5.06. The molecule has 1 fully saturated rings. The summed E-state index contributed by atoms with van der Waals surface area (Å²) in [6.07, 6.45) is -1.14. The van der Waals surface area contributed by atoms with E-state index in [1.165, 1.54) is 6.07 Å². The highest BCUT2D eigenvalue weighted by Gasteiger charge is 2.36. The molecule has 0 atom stereocenters. The van der Waals surface area contributed by atoms with Crippen molar-refractivity contribution in [1.82, 2.24) is 14.5 Å². The van der Waals surface area contributed by atoms with Crippen molar-refractivity contribution in [3.05, 3.63) is 84.2 Å². The molecule has 1 aliphatic heterocycles. The Morgan fingerprint density at radius 2 is 1.76 bits per heavy atom. The van der Waals surface area contributed by atoms with Crippen molar-refractivity contribution in [1.29, 1.82) is 0 Å². The number of likely N-dealkylation sites (tertiary alicyclic amines) is 1. The van der Waals surface area contributed by atoms with Crippen molar-refractivity contribution in [3.63, 3.8) is 0 Å². The molecule has 6 nitrogen and oxygen atoms in total. The first-order valence-electron chi connectivity index (χ1n) is 12.6. The van der Waals surface area contributed by atoms with E-state index in [4.69, 9.17) is 0 Å². The quantitative estimate of drug-likeness (QED) is 0.351. The third kappa shape index (κ3) is 5.52. The number of piperidine rings is 1. The molecule has 1 amide bonds. The molecule has 0 aliphatic carbocycles. The molecule has 1 saturated heterocycles. The van der Waals surface area contributed by atoms with E-state index in [1.807, 2.05) is 60.1 Å². The number of aromatic nitrogens is 2. The Balaban J connectivity index is 1.28. The lowest BCUT2D eigenvalue weighted by Gasteiger charge is -2.37. The second-order valence-electron chi connectivity index (χ2n) is 9.87. The number of nitrogens with zero attached hydrogens (tertiary/aromatic N) is 4. The lowest BCUT2D eigenvalue weighted by atomic mass is 10.0. The maximum Gasteiger partial charge on any atom is 0.418 e. The average Bonchev–Trinajstić information content (AvgIpc) is 3.33. The van der Waals surface area contributed by atoms with Crippen LogP contribution in [0, 0.1) is 0 Å².